The zero-order chi connectivity index (χ0) is 16.5. The minimum absolute atomic E-state index is 0.134. The van der Waals surface area contributed by atoms with E-state index in [1.165, 1.54) is 43.1 Å². The number of nitro benzene ring substituents is 1. The number of ketones is 1. The number of hydrogen-bond donors (Lipinski definition) is 0. The van der Waals surface area contributed by atoms with Crippen molar-refractivity contribution in [1.29, 1.82) is 0 Å². The number of rotatable bonds is 8. The van der Waals surface area contributed by atoms with Crippen LogP contribution in [0.1, 0.15) is 18.9 Å². The number of nitrogens with zero attached hydrogens (tertiary/aromatic N) is 1. The minimum atomic E-state index is -0.791. The lowest BCUT2D eigenvalue weighted by atomic mass is 10.1. The lowest BCUT2D eigenvalue weighted by Crippen LogP contribution is -2.16. The third kappa shape index (κ3) is 5.00. The predicted molar refractivity (Wildman–Crippen MR) is 85.7 cm³/mol. The molecule has 0 atom stereocenters. The summed E-state index contributed by atoms with van der Waals surface area (Å²) < 4.78 is 4.61. The maximum absolute atomic E-state index is 12.1. The number of carbonyl (C=O) groups is 2. The number of para-hydroxylation sites is 1. The van der Waals surface area contributed by atoms with E-state index in [4.69, 9.17) is 0 Å². The van der Waals surface area contributed by atoms with Gasteiger partial charge in [-0.15, -0.1) is 0 Å². The summed E-state index contributed by atoms with van der Waals surface area (Å²) in [5, 5.41) is 11.0. The zero-order valence-electron chi connectivity index (χ0n) is 12.4. The summed E-state index contributed by atoms with van der Waals surface area (Å²) in [5.41, 5.74) is -0.153. The Bertz CT molecular complexity index is 597. The van der Waals surface area contributed by atoms with Gasteiger partial charge in [-0.1, -0.05) is 19.1 Å². The number of benzene rings is 1. The van der Waals surface area contributed by atoms with Crippen molar-refractivity contribution in [3.63, 3.8) is 0 Å². The second kappa shape index (κ2) is 8.99. The molecule has 1 aromatic carbocycles. The molecule has 0 N–H and O–H groups in total. The first-order valence-corrected chi connectivity index (χ1v) is 7.81. The topological polar surface area (TPSA) is 86.5 Å². The van der Waals surface area contributed by atoms with Crippen molar-refractivity contribution in [2.24, 2.45) is 0 Å². The molecule has 0 saturated carbocycles. The Balaban J connectivity index is 3.14. The molecule has 1 rings (SSSR count). The molecule has 0 aliphatic carbocycles. The summed E-state index contributed by atoms with van der Waals surface area (Å²) in [7, 11) is 1.17. The molecule has 0 unspecified atom stereocenters. The van der Waals surface area contributed by atoms with Crippen LogP contribution in [-0.4, -0.2) is 35.3 Å². The van der Waals surface area contributed by atoms with Gasteiger partial charge in [-0.25, -0.2) is 4.79 Å². The highest BCUT2D eigenvalue weighted by Crippen LogP contribution is 2.22. The van der Waals surface area contributed by atoms with Crippen molar-refractivity contribution in [2.45, 2.75) is 13.3 Å². The Morgan fingerprint density at radius 3 is 2.64 bits per heavy atom. The van der Waals surface area contributed by atoms with Gasteiger partial charge in [0.25, 0.3) is 5.69 Å². The van der Waals surface area contributed by atoms with E-state index in [1.807, 2.05) is 6.92 Å². The van der Waals surface area contributed by atoms with E-state index >= 15 is 0 Å². The molecule has 0 radical (unpaired) electrons. The first-order valence-electron chi connectivity index (χ1n) is 6.65. The number of hydrogen-bond acceptors (Lipinski definition) is 6. The second-order valence-corrected chi connectivity index (χ2v) is 5.45. The third-order valence-corrected chi connectivity index (χ3v) is 3.88. The average molecular weight is 323 g/mol. The molecule has 0 bridgehead atoms. The van der Waals surface area contributed by atoms with Gasteiger partial charge in [0.05, 0.1) is 23.3 Å². The zero-order valence-corrected chi connectivity index (χ0v) is 13.2. The van der Waals surface area contributed by atoms with E-state index in [1.54, 1.807) is 6.07 Å². The fourth-order valence-corrected chi connectivity index (χ4v) is 2.46. The Labute approximate surface area is 132 Å². The van der Waals surface area contributed by atoms with Gasteiger partial charge in [-0.3, -0.25) is 14.9 Å². The SMILES string of the molecule is CCCSCC(=O)C(=Cc1ccccc1[N+](=O)[O-])C(=O)OC. The highest BCUT2D eigenvalue weighted by atomic mass is 32.2. The van der Waals surface area contributed by atoms with Gasteiger partial charge in [0.1, 0.15) is 5.57 Å². The fraction of sp³-hybridized carbons (Fsp3) is 0.333. The van der Waals surface area contributed by atoms with Crippen molar-refractivity contribution in [3.05, 3.63) is 45.5 Å². The van der Waals surface area contributed by atoms with Crippen LogP contribution in [0.5, 0.6) is 0 Å². The van der Waals surface area contributed by atoms with Crippen LogP contribution in [0.2, 0.25) is 0 Å². The average Bonchev–Trinajstić information content (AvgIpc) is 2.52. The number of carbonyl (C=O) groups excluding carboxylic acids is 2. The molecule has 0 saturated heterocycles. The van der Waals surface area contributed by atoms with Gasteiger partial charge in [0.15, 0.2) is 5.78 Å². The molecule has 0 heterocycles. The predicted octanol–water partition coefficient (Wildman–Crippen LogP) is 2.86. The molecule has 0 spiro atoms. The van der Waals surface area contributed by atoms with Crippen LogP contribution in [0.25, 0.3) is 6.08 Å². The van der Waals surface area contributed by atoms with Gasteiger partial charge >= 0.3 is 5.97 Å². The lowest BCUT2D eigenvalue weighted by molar-refractivity contribution is -0.385. The minimum Gasteiger partial charge on any atom is -0.465 e. The van der Waals surface area contributed by atoms with Crippen molar-refractivity contribution in [1.82, 2.24) is 0 Å². The molecular formula is C15H17NO5S. The maximum atomic E-state index is 12.1. The Hall–Kier alpha value is -2.15. The molecule has 0 fully saturated rings. The molecule has 22 heavy (non-hydrogen) atoms. The van der Waals surface area contributed by atoms with Crippen molar-refractivity contribution in [3.8, 4) is 0 Å². The summed E-state index contributed by atoms with van der Waals surface area (Å²) in [6.45, 7) is 1.99. The Kier molecular flexibility index (Phi) is 7.31. The van der Waals surface area contributed by atoms with E-state index in [-0.39, 0.29) is 22.6 Å². The second-order valence-electron chi connectivity index (χ2n) is 4.34. The summed E-state index contributed by atoms with van der Waals surface area (Å²) in [4.78, 5) is 34.4. The highest BCUT2D eigenvalue weighted by molar-refractivity contribution is 7.99. The molecule has 7 heteroatoms. The van der Waals surface area contributed by atoms with E-state index in [9.17, 15) is 19.7 Å². The fourth-order valence-electron chi connectivity index (χ4n) is 1.68. The highest BCUT2D eigenvalue weighted by Gasteiger charge is 2.21. The van der Waals surface area contributed by atoms with Crippen LogP contribution < -0.4 is 0 Å². The molecule has 0 aliphatic rings. The number of esters is 1. The molecule has 118 valence electrons. The Morgan fingerprint density at radius 1 is 1.36 bits per heavy atom. The van der Waals surface area contributed by atoms with Gasteiger partial charge in [0, 0.05) is 6.07 Å². The first kappa shape index (κ1) is 17.9. The number of Topliss-reactive ketones (excluding diaryl/α,β-unsaturated/α-hetero) is 1. The maximum Gasteiger partial charge on any atom is 0.341 e. The lowest BCUT2D eigenvalue weighted by Gasteiger charge is -2.05. The van der Waals surface area contributed by atoms with Crippen LogP contribution >= 0.6 is 11.8 Å². The van der Waals surface area contributed by atoms with Crippen molar-refractivity contribution in [2.75, 3.05) is 18.6 Å². The summed E-state index contributed by atoms with van der Waals surface area (Å²) in [5.74, 6) is -0.259. The third-order valence-electron chi connectivity index (χ3n) is 2.72. The summed E-state index contributed by atoms with van der Waals surface area (Å²) in [6, 6.07) is 5.92. The van der Waals surface area contributed by atoms with Gasteiger partial charge in [-0.2, -0.15) is 11.8 Å². The van der Waals surface area contributed by atoms with E-state index < -0.39 is 16.7 Å². The monoisotopic (exact) mass is 323 g/mol. The molecular weight excluding hydrogens is 306 g/mol. The van der Waals surface area contributed by atoms with E-state index in [2.05, 4.69) is 4.74 Å². The molecule has 0 aliphatic heterocycles. The largest absolute Gasteiger partial charge is 0.465 e. The Morgan fingerprint density at radius 2 is 2.05 bits per heavy atom. The number of methoxy groups -OCH3 is 1. The summed E-state index contributed by atoms with van der Waals surface area (Å²) >= 11 is 1.41. The molecule has 6 nitrogen and oxygen atoms in total. The van der Waals surface area contributed by atoms with Crippen molar-refractivity contribution >= 4 is 35.3 Å². The molecule has 0 aromatic heterocycles. The van der Waals surface area contributed by atoms with Crippen LogP contribution in [0.4, 0.5) is 5.69 Å². The number of ether oxygens (including phenoxy) is 1. The smallest absolute Gasteiger partial charge is 0.341 e. The number of thioether (sulfide) groups is 1. The summed E-state index contributed by atoms with van der Waals surface area (Å²) in [6.07, 6.45) is 2.14. The first-order chi connectivity index (χ1) is 10.5. The molecule has 1 aromatic rings. The standard InChI is InChI=1S/C15H17NO5S/c1-3-8-22-10-14(17)12(15(18)21-2)9-11-6-4-5-7-13(11)16(19)20/h4-7,9H,3,8,10H2,1-2H3. The van der Waals surface area contributed by atoms with Crippen molar-refractivity contribution < 1.29 is 19.2 Å². The van der Waals surface area contributed by atoms with Gasteiger partial charge in [-0.05, 0) is 24.3 Å². The van der Waals surface area contributed by atoms with Crippen LogP contribution in [-0.2, 0) is 14.3 Å². The van der Waals surface area contributed by atoms with E-state index in [0.717, 1.165) is 12.2 Å². The molecule has 0 amide bonds. The van der Waals surface area contributed by atoms with Crippen LogP contribution in [0, 0.1) is 10.1 Å². The van der Waals surface area contributed by atoms with Gasteiger partial charge < -0.3 is 4.74 Å². The van der Waals surface area contributed by atoms with Gasteiger partial charge in [0.2, 0.25) is 0 Å². The quantitative estimate of drug-likeness (QED) is 0.139. The van der Waals surface area contributed by atoms with Crippen LogP contribution in [0.3, 0.4) is 0 Å². The normalized spacial score (nSPS) is 11.1. The van der Waals surface area contributed by atoms with E-state index in [0.29, 0.717) is 0 Å². The number of nitro groups is 1. The van der Waals surface area contributed by atoms with Crippen LogP contribution in [0.15, 0.2) is 29.8 Å².